The molecule has 0 aliphatic carbocycles. The number of ether oxygens (including phenoxy) is 1. The van der Waals surface area contributed by atoms with Gasteiger partial charge in [-0.3, -0.25) is 4.79 Å². The molecular weight excluding hydrogens is 329 g/mol. The van der Waals surface area contributed by atoms with Crippen LogP contribution in [-0.2, 0) is 0 Å². The lowest BCUT2D eigenvalue weighted by atomic mass is 10.2. The minimum Gasteiger partial charge on any atom is -0.491 e. The third-order valence-corrected chi connectivity index (χ3v) is 2.85. The first kappa shape index (κ1) is 14.3. The van der Waals surface area contributed by atoms with Crippen molar-refractivity contribution >= 4 is 28.5 Å². The fraction of sp³-hybridized carbons (Fsp3) is 0.462. The van der Waals surface area contributed by atoms with Crippen LogP contribution in [0.2, 0.25) is 0 Å². The molecule has 0 saturated carbocycles. The van der Waals surface area contributed by atoms with Gasteiger partial charge in [-0.05, 0) is 44.5 Å². The molecule has 0 aliphatic rings. The normalized spacial score (nSPS) is 10.4. The van der Waals surface area contributed by atoms with Crippen LogP contribution in [0.15, 0.2) is 24.3 Å². The van der Waals surface area contributed by atoms with Crippen LogP contribution in [0.3, 0.4) is 0 Å². The van der Waals surface area contributed by atoms with Gasteiger partial charge in [0, 0.05) is 16.5 Å². The van der Waals surface area contributed by atoms with Crippen molar-refractivity contribution < 1.29 is 9.53 Å². The molecule has 1 aromatic rings. The number of carbonyl (C=O) groups excluding carboxylic acids is 1. The fourth-order valence-corrected chi connectivity index (χ4v) is 1.71. The number of benzene rings is 1. The van der Waals surface area contributed by atoms with Crippen molar-refractivity contribution in [1.82, 2.24) is 5.32 Å². The number of amides is 1. The largest absolute Gasteiger partial charge is 0.491 e. The fourth-order valence-electron chi connectivity index (χ4n) is 1.33. The highest BCUT2D eigenvalue weighted by Crippen LogP contribution is 2.13. The molecule has 0 radical (unpaired) electrons. The molecule has 0 atom stereocenters. The van der Waals surface area contributed by atoms with Crippen LogP contribution in [0.4, 0.5) is 0 Å². The van der Waals surface area contributed by atoms with Crippen molar-refractivity contribution in [2.45, 2.75) is 26.4 Å². The molecule has 1 N–H and O–H groups in total. The molecule has 0 bridgehead atoms. The summed E-state index contributed by atoms with van der Waals surface area (Å²) in [5.74, 6) is 0.773. The topological polar surface area (TPSA) is 38.3 Å². The van der Waals surface area contributed by atoms with Crippen molar-refractivity contribution in [1.29, 1.82) is 0 Å². The van der Waals surface area contributed by atoms with Gasteiger partial charge in [0.1, 0.15) is 5.75 Å². The number of nitrogens with one attached hydrogen (secondary N) is 1. The molecule has 0 fully saturated rings. The summed E-state index contributed by atoms with van der Waals surface area (Å²) in [7, 11) is 0. The molecular formula is C13H18INO2. The summed E-state index contributed by atoms with van der Waals surface area (Å²) in [6.45, 7) is 4.68. The number of hydrogen-bond donors (Lipinski definition) is 1. The molecule has 0 heterocycles. The van der Waals surface area contributed by atoms with Crippen LogP contribution in [0.1, 0.15) is 30.6 Å². The summed E-state index contributed by atoms with van der Waals surface area (Å²) in [5.41, 5.74) is 0.676. The van der Waals surface area contributed by atoms with Gasteiger partial charge in [0.2, 0.25) is 0 Å². The highest BCUT2D eigenvalue weighted by Gasteiger charge is 2.05. The first-order valence-electron chi connectivity index (χ1n) is 5.74. The Morgan fingerprint density at radius 2 is 2.00 bits per heavy atom. The van der Waals surface area contributed by atoms with Crippen LogP contribution < -0.4 is 10.1 Å². The average Bonchev–Trinajstić information content (AvgIpc) is 2.29. The lowest BCUT2D eigenvalue weighted by Gasteiger charge is -2.10. The lowest BCUT2D eigenvalue weighted by molar-refractivity contribution is 0.0954. The molecule has 1 amide bonds. The van der Waals surface area contributed by atoms with E-state index < -0.39 is 0 Å². The van der Waals surface area contributed by atoms with E-state index in [1.165, 1.54) is 0 Å². The van der Waals surface area contributed by atoms with Gasteiger partial charge in [0.25, 0.3) is 5.91 Å². The molecule has 0 spiro atoms. The monoisotopic (exact) mass is 347 g/mol. The maximum Gasteiger partial charge on any atom is 0.251 e. The molecule has 1 rings (SSSR count). The van der Waals surface area contributed by atoms with Gasteiger partial charge >= 0.3 is 0 Å². The zero-order chi connectivity index (χ0) is 12.7. The van der Waals surface area contributed by atoms with Gasteiger partial charge in [-0.2, -0.15) is 0 Å². The Balaban J connectivity index is 2.52. The van der Waals surface area contributed by atoms with Crippen molar-refractivity contribution in [3.05, 3.63) is 29.8 Å². The summed E-state index contributed by atoms with van der Waals surface area (Å²) in [6.07, 6.45) is 1.15. The maximum atomic E-state index is 11.7. The third kappa shape index (κ3) is 5.39. The van der Waals surface area contributed by atoms with Gasteiger partial charge in [0.15, 0.2) is 0 Å². The van der Waals surface area contributed by atoms with Crippen molar-refractivity contribution in [3.63, 3.8) is 0 Å². The Morgan fingerprint density at radius 3 is 2.53 bits per heavy atom. The van der Waals surface area contributed by atoms with Crippen LogP contribution in [-0.4, -0.2) is 23.0 Å². The second-order valence-corrected chi connectivity index (χ2v) is 5.07. The van der Waals surface area contributed by atoms with E-state index in [1.54, 1.807) is 12.1 Å². The maximum absolute atomic E-state index is 11.7. The van der Waals surface area contributed by atoms with E-state index in [1.807, 2.05) is 26.0 Å². The Kier molecular flexibility index (Phi) is 6.32. The smallest absolute Gasteiger partial charge is 0.251 e. The average molecular weight is 347 g/mol. The van der Waals surface area contributed by atoms with E-state index in [2.05, 4.69) is 27.9 Å². The molecule has 0 aromatic heterocycles. The SMILES string of the molecule is CC(C)Oc1ccc(C(=O)NCCCI)cc1. The summed E-state index contributed by atoms with van der Waals surface area (Å²) in [5, 5.41) is 2.88. The highest BCUT2D eigenvalue weighted by molar-refractivity contribution is 14.1. The zero-order valence-electron chi connectivity index (χ0n) is 10.2. The van der Waals surface area contributed by atoms with E-state index in [-0.39, 0.29) is 12.0 Å². The van der Waals surface area contributed by atoms with Crippen molar-refractivity contribution in [2.24, 2.45) is 0 Å². The Labute approximate surface area is 116 Å². The number of halogens is 1. The quantitative estimate of drug-likeness (QED) is 0.488. The van der Waals surface area contributed by atoms with E-state index in [9.17, 15) is 4.79 Å². The molecule has 17 heavy (non-hydrogen) atoms. The first-order chi connectivity index (χ1) is 8.13. The van der Waals surface area contributed by atoms with Gasteiger partial charge < -0.3 is 10.1 Å². The van der Waals surface area contributed by atoms with E-state index in [0.29, 0.717) is 5.56 Å². The van der Waals surface area contributed by atoms with Gasteiger partial charge in [0.05, 0.1) is 6.10 Å². The van der Waals surface area contributed by atoms with Crippen molar-refractivity contribution in [2.75, 3.05) is 11.0 Å². The summed E-state index contributed by atoms with van der Waals surface area (Å²) in [6, 6.07) is 7.23. The third-order valence-electron chi connectivity index (χ3n) is 2.08. The minimum absolute atomic E-state index is 0.0223. The van der Waals surface area contributed by atoms with Crippen LogP contribution in [0.25, 0.3) is 0 Å². The van der Waals surface area contributed by atoms with E-state index in [4.69, 9.17) is 4.74 Å². The van der Waals surface area contributed by atoms with E-state index in [0.717, 1.165) is 23.1 Å². The number of carbonyl (C=O) groups is 1. The second-order valence-electron chi connectivity index (χ2n) is 3.99. The lowest BCUT2D eigenvalue weighted by Crippen LogP contribution is -2.24. The standard InChI is InChI=1S/C13H18INO2/c1-10(2)17-12-6-4-11(5-7-12)13(16)15-9-3-8-14/h4-7,10H,3,8-9H2,1-2H3,(H,15,16). The molecule has 0 unspecified atom stereocenters. The summed E-state index contributed by atoms with van der Waals surface area (Å²) >= 11 is 2.30. The Bertz CT molecular complexity index is 349. The highest BCUT2D eigenvalue weighted by atomic mass is 127. The molecule has 94 valence electrons. The number of rotatable bonds is 6. The molecule has 0 aliphatic heterocycles. The molecule has 4 heteroatoms. The van der Waals surface area contributed by atoms with Gasteiger partial charge in [-0.1, -0.05) is 22.6 Å². The van der Waals surface area contributed by atoms with Crippen molar-refractivity contribution in [3.8, 4) is 5.75 Å². The molecule has 0 saturated heterocycles. The van der Waals surface area contributed by atoms with Gasteiger partial charge in [-0.15, -0.1) is 0 Å². The molecule has 1 aromatic carbocycles. The predicted molar refractivity (Wildman–Crippen MR) is 78.0 cm³/mol. The zero-order valence-corrected chi connectivity index (χ0v) is 12.4. The second kappa shape index (κ2) is 7.53. The number of hydrogen-bond acceptors (Lipinski definition) is 2. The number of alkyl halides is 1. The minimum atomic E-state index is -0.0223. The molecule has 3 nitrogen and oxygen atoms in total. The van der Waals surface area contributed by atoms with E-state index >= 15 is 0 Å². The summed E-state index contributed by atoms with van der Waals surface area (Å²) in [4.78, 5) is 11.7. The predicted octanol–water partition coefficient (Wildman–Crippen LogP) is 3.03. The Morgan fingerprint density at radius 1 is 1.35 bits per heavy atom. The van der Waals surface area contributed by atoms with Crippen LogP contribution >= 0.6 is 22.6 Å². The van der Waals surface area contributed by atoms with Crippen LogP contribution in [0.5, 0.6) is 5.75 Å². The summed E-state index contributed by atoms with van der Waals surface area (Å²) < 4.78 is 6.57. The Hall–Kier alpha value is -0.780. The van der Waals surface area contributed by atoms with Crippen LogP contribution in [0, 0.1) is 0 Å². The van der Waals surface area contributed by atoms with Gasteiger partial charge in [-0.25, -0.2) is 0 Å². The first-order valence-corrected chi connectivity index (χ1v) is 7.27.